The zero-order valence-corrected chi connectivity index (χ0v) is 17.6. The lowest BCUT2D eigenvalue weighted by Gasteiger charge is -2.31. The van der Waals surface area contributed by atoms with Gasteiger partial charge < -0.3 is 4.74 Å². The SMILES string of the molecule is COc1ccc(CC2CC([Si](C)(C)C)CC2[Si](C)(C)C)cc1. The molecule has 1 nitrogen and oxygen atoms in total. The van der Waals surface area contributed by atoms with Crippen LogP contribution in [0.25, 0.3) is 0 Å². The number of methoxy groups -OCH3 is 1. The van der Waals surface area contributed by atoms with Gasteiger partial charge in [0, 0.05) is 16.1 Å². The molecule has 0 aromatic heterocycles. The lowest BCUT2D eigenvalue weighted by atomic mass is 9.97. The number of rotatable bonds is 5. The van der Waals surface area contributed by atoms with E-state index >= 15 is 0 Å². The number of benzene rings is 1. The van der Waals surface area contributed by atoms with Gasteiger partial charge in [-0.1, -0.05) is 57.8 Å². The van der Waals surface area contributed by atoms with E-state index in [2.05, 4.69) is 63.5 Å². The summed E-state index contributed by atoms with van der Waals surface area (Å²) in [6.07, 6.45) is 4.24. The summed E-state index contributed by atoms with van der Waals surface area (Å²) in [5, 5.41) is 0. The van der Waals surface area contributed by atoms with Gasteiger partial charge in [0.1, 0.15) is 5.75 Å². The number of hydrogen-bond donors (Lipinski definition) is 0. The van der Waals surface area contributed by atoms with Gasteiger partial charge in [-0.2, -0.15) is 0 Å². The molecule has 0 bridgehead atoms. The molecule has 0 saturated heterocycles. The summed E-state index contributed by atoms with van der Waals surface area (Å²) in [7, 11) is -0.356. The van der Waals surface area contributed by atoms with E-state index in [4.69, 9.17) is 4.74 Å². The van der Waals surface area contributed by atoms with Crippen molar-refractivity contribution in [2.75, 3.05) is 7.11 Å². The van der Waals surface area contributed by atoms with Gasteiger partial charge in [0.15, 0.2) is 0 Å². The van der Waals surface area contributed by atoms with Crippen LogP contribution in [0.1, 0.15) is 18.4 Å². The lowest BCUT2D eigenvalue weighted by Crippen LogP contribution is -2.31. The van der Waals surface area contributed by atoms with Crippen LogP contribution < -0.4 is 4.74 Å². The summed E-state index contributed by atoms with van der Waals surface area (Å²) in [6, 6.07) is 8.76. The quantitative estimate of drug-likeness (QED) is 0.594. The molecular formula is C19H34OSi2. The molecule has 0 heterocycles. The molecule has 0 spiro atoms. The molecule has 0 aliphatic heterocycles. The highest BCUT2D eigenvalue weighted by Gasteiger charge is 2.45. The largest absolute Gasteiger partial charge is 0.497 e. The fourth-order valence-electron chi connectivity index (χ4n) is 4.18. The van der Waals surface area contributed by atoms with E-state index < -0.39 is 16.1 Å². The molecule has 1 aliphatic rings. The predicted octanol–water partition coefficient (Wildman–Crippen LogP) is 6.06. The van der Waals surface area contributed by atoms with Gasteiger partial charge in [0.2, 0.25) is 0 Å². The molecular weight excluding hydrogens is 300 g/mol. The van der Waals surface area contributed by atoms with Crippen molar-refractivity contribution in [1.82, 2.24) is 0 Å². The average Bonchev–Trinajstić information content (AvgIpc) is 2.83. The first-order valence-electron chi connectivity index (χ1n) is 8.74. The fourth-order valence-corrected chi connectivity index (χ4v) is 9.05. The second kappa shape index (κ2) is 6.52. The highest BCUT2D eigenvalue weighted by Crippen LogP contribution is 2.53. The van der Waals surface area contributed by atoms with Crippen LogP contribution in [0, 0.1) is 5.92 Å². The molecule has 1 aliphatic carbocycles. The number of hydrogen-bond acceptors (Lipinski definition) is 1. The van der Waals surface area contributed by atoms with E-state index in [-0.39, 0.29) is 0 Å². The summed E-state index contributed by atoms with van der Waals surface area (Å²) in [4.78, 5) is 0. The molecule has 22 heavy (non-hydrogen) atoms. The summed E-state index contributed by atoms with van der Waals surface area (Å²) in [5.41, 5.74) is 3.50. The maximum absolute atomic E-state index is 5.29. The van der Waals surface area contributed by atoms with E-state index in [0.29, 0.717) is 0 Å². The lowest BCUT2D eigenvalue weighted by molar-refractivity contribution is 0.414. The second-order valence-electron chi connectivity index (χ2n) is 9.32. The highest BCUT2D eigenvalue weighted by molar-refractivity contribution is 6.79. The monoisotopic (exact) mass is 334 g/mol. The van der Waals surface area contributed by atoms with E-state index in [1.165, 1.54) is 24.8 Å². The Morgan fingerprint density at radius 3 is 1.95 bits per heavy atom. The molecule has 2 rings (SSSR count). The Kier molecular flexibility index (Phi) is 5.28. The van der Waals surface area contributed by atoms with Crippen LogP contribution in [0.4, 0.5) is 0 Å². The minimum atomic E-state index is -1.08. The molecule has 3 unspecified atom stereocenters. The maximum atomic E-state index is 5.29. The highest BCUT2D eigenvalue weighted by atomic mass is 28.3. The first-order valence-corrected chi connectivity index (χ1v) is 15.9. The van der Waals surface area contributed by atoms with Gasteiger partial charge in [-0.15, -0.1) is 0 Å². The molecule has 3 atom stereocenters. The predicted molar refractivity (Wildman–Crippen MR) is 104 cm³/mol. The van der Waals surface area contributed by atoms with Gasteiger partial charge in [0.25, 0.3) is 0 Å². The molecule has 0 radical (unpaired) electrons. The topological polar surface area (TPSA) is 9.23 Å². The van der Waals surface area contributed by atoms with Crippen LogP contribution in [0.15, 0.2) is 24.3 Å². The maximum Gasteiger partial charge on any atom is 0.118 e. The van der Waals surface area contributed by atoms with Crippen molar-refractivity contribution in [3.05, 3.63) is 29.8 Å². The molecule has 3 heteroatoms. The molecule has 1 aromatic carbocycles. The van der Waals surface area contributed by atoms with Crippen LogP contribution in [-0.2, 0) is 6.42 Å². The zero-order chi connectivity index (χ0) is 16.5. The van der Waals surface area contributed by atoms with Crippen LogP contribution in [0.5, 0.6) is 5.75 Å². The standard InChI is InChI=1S/C19H34OSi2/c1-20-17-10-8-15(9-11-17)12-16-13-18(21(2,3)4)14-19(16)22(5,6)7/h8-11,16,18-19H,12-14H2,1-7H3. The van der Waals surface area contributed by atoms with Crippen molar-refractivity contribution in [3.8, 4) is 5.75 Å². The summed E-state index contributed by atoms with van der Waals surface area (Å²) < 4.78 is 5.29. The van der Waals surface area contributed by atoms with Crippen molar-refractivity contribution in [3.63, 3.8) is 0 Å². The number of ether oxygens (including phenoxy) is 1. The Hall–Kier alpha value is -0.546. The van der Waals surface area contributed by atoms with Crippen molar-refractivity contribution >= 4 is 16.1 Å². The summed E-state index contributed by atoms with van der Waals surface area (Å²) in [5.74, 6) is 1.87. The van der Waals surface area contributed by atoms with Gasteiger partial charge in [-0.05, 0) is 47.5 Å². The Morgan fingerprint density at radius 2 is 1.50 bits per heavy atom. The Labute approximate surface area is 139 Å². The van der Waals surface area contributed by atoms with Crippen LogP contribution >= 0.6 is 0 Å². The fraction of sp³-hybridized carbons (Fsp3) is 0.684. The Morgan fingerprint density at radius 1 is 0.909 bits per heavy atom. The Balaban J connectivity index is 2.15. The third-order valence-corrected chi connectivity index (χ3v) is 11.5. The van der Waals surface area contributed by atoms with E-state index in [1.807, 2.05) is 0 Å². The zero-order valence-electron chi connectivity index (χ0n) is 15.6. The van der Waals surface area contributed by atoms with Gasteiger partial charge in [0.05, 0.1) is 7.11 Å². The third-order valence-electron chi connectivity index (χ3n) is 5.69. The normalized spacial score (nSPS) is 26.2. The Bertz CT molecular complexity index is 482. The van der Waals surface area contributed by atoms with Crippen LogP contribution in [-0.4, -0.2) is 23.3 Å². The van der Waals surface area contributed by atoms with Crippen molar-refractivity contribution in [1.29, 1.82) is 0 Å². The van der Waals surface area contributed by atoms with Crippen LogP contribution in [0.2, 0.25) is 50.4 Å². The first kappa shape index (κ1) is 17.8. The smallest absolute Gasteiger partial charge is 0.118 e. The minimum Gasteiger partial charge on any atom is -0.497 e. The van der Waals surface area contributed by atoms with Crippen molar-refractivity contribution in [2.24, 2.45) is 5.92 Å². The molecule has 1 fully saturated rings. The van der Waals surface area contributed by atoms with Gasteiger partial charge >= 0.3 is 0 Å². The first-order chi connectivity index (χ1) is 10.1. The van der Waals surface area contributed by atoms with E-state index in [1.54, 1.807) is 7.11 Å². The molecule has 1 saturated carbocycles. The molecule has 0 amide bonds. The third kappa shape index (κ3) is 4.26. The van der Waals surface area contributed by atoms with Crippen molar-refractivity contribution < 1.29 is 4.74 Å². The summed E-state index contributed by atoms with van der Waals surface area (Å²) in [6.45, 7) is 15.4. The van der Waals surface area contributed by atoms with Gasteiger partial charge in [-0.3, -0.25) is 0 Å². The molecule has 0 N–H and O–H groups in total. The van der Waals surface area contributed by atoms with Crippen molar-refractivity contribution in [2.45, 2.75) is 69.6 Å². The van der Waals surface area contributed by atoms with Gasteiger partial charge in [-0.25, -0.2) is 0 Å². The minimum absolute atomic E-state index is 0.900. The van der Waals surface area contributed by atoms with E-state index in [9.17, 15) is 0 Å². The van der Waals surface area contributed by atoms with Crippen LogP contribution in [0.3, 0.4) is 0 Å². The average molecular weight is 335 g/mol. The molecule has 124 valence electrons. The van der Waals surface area contributed by atoms with E-state index in [0.717, 1.165) is 22.7 Å². The summed E-state index contributed by atoms with van der Waals surface area (Å²) >= 11 is 0. The molecule has 1 aromatic rings. The second-order valence-corrected chi connectivity index (χ2v) is 20.3.